The van der Waals surface area contributed by atoms with Crippen LogP contribution >= 0.6 is 11.3 Å². The van der Waals surface area contributed by atoms with Crippen LogP contribution in [0.1, 0.15) is 0 Å². The van der Waals surface area contributed by atoms with Crippen molar-refractivity contribution in [3.63, 3.8) is 0 Å². The number of thiophene rings is 1. The molecule has 0 atom stereocenters. The summed E-state index contributed by atoms with van der Waals surface area (Å²) < 4.78 is 2.56. The Morgan fingerprint density at radius 1 is 0.273 bits per heavy atom. The van der Waals surface area contributed by atoms with E-state index in [1.807, 2.05) is 23.5 Å². The van der Waals surface area contributed by atoms with Crippen LogP contribution in [0.4, 0.5) is 0 Å². The van der Waals surface area contributed by atoms with E-state index in [0.29, 0.717) is 17.5 Å². The van der Waals surface area contributed by atoms with Gasteiger partial charge >= 0.3 is 0 Å². The second-order valence-electron chi connectivity index (χ2n) is 13.6. The predicted octanol–water partition coefficient (Wildman–Crippen LogP) is 13.9. The van der Waals surface area contributed by atoms with Crippen molar-refractivity contribution in [1.82, 2.24) is 15.0 Å². The lowest BCUT2D eigenvalue weighted by molar-refractivity contribution is 1.07. The van der Waals surface area contributed by atoms with Gasteiger partial charge in [0.15, 0.2) is 17.5 Å². The quantitative estimate of drug-likeness (QED) is 0.165. The molecule has 0 aliphatic rings. The molecule has 0 saturated heterocycles. The van der Waals surface area contributed by atoms with Crippen molar-refractivity contribution >= 4 is 31.5 Å². The highest BCUT2D eigenvalue weighted by atomic mass is 32.1. The highest BCUT2D eigenvalue weighted by Crippen LogP contribution is 2.42. The highest BCUT2D eigenvalue weighted by molar-refractivity contribution is 7.26. The molecule has 55 heavy (non-hydrogen) atoms. The number of rotatable bonds is 7. The van der Waals surface area contributed by atoms with Gasteiger partial charge in [0.2, 0.25) is 0 Å². The van der Waals surface area contributed by atoms with E-state index in [9.17, 15) is 0 Å². The van der Waals surface area contributed by atoms with E-state index in [0.717, 1.165) is 44.5 Å². The molecule has 0 radical (unpaired) electrons. The summed E-state index contributed by atoms with van der Waals surface area (Å²) in [6.45, 7) is 0. The van der Waals surface area contributed by atoms with Crippen molar-refractivity contribution in [2.45, 2.75) is 0 Å². The lowest BCUT2D eigenvalue weighted by atomic mass is 9.95. The summed E-state index contributed by atoms with van der Waals surface area (Å²) in [4.78, 5) is 15.5. The Kier molecular flexibility index (Phi) is 8.36. The molecule has 0 bridgehead atoms. The normalized spacial score (nSPS) is 11.3. The van der Waals surface area contributed by atoms with Crippen LogP contribution in [0.2, 0.25) is 0 Å². The Hall–Kier alpha value is -7.01. The van der Waals surface area contributed by atoms with E-state index in [2.05, 4.69) is 188 Å². The Morgan fingerprint density at radius 2 is 0.673 bits per heavy atom. The van der Waals surface area contributed by atoms with E-state index in [1.54, 1.807) is 0 Å². The molecule has 3 nitrogen and oxygen atoms in total. The minimum Gasteiger partial charge on any atom is -0.208 e. The molecule has 4 heteroatoms. The van der Waals surface area contributed by atoms with Crippen LogP contribution in [-0.4, -0.2) is 15.0 Å². The molecule has 0 saturated carbocycles. The van der Waals surface area contributed by atoms with Gasteiger partial charge in [-0.05, 0) is 68.8 Å². The molecule has 0 aliphatic carbocycles. The van der Waals surface area contributed by atoms with E-state index >= 15 is 0 Å². The van der Waals surface area contributed by atoms with Crippen molar-refractivity contribution < 1.29 is 0 Å². The van der Waals surface area contributed by atoms with Gasteiger partial charge < -0.3 is 0 Å². The second kappa shape index (κ2) is 14.1. The van der Waals surface area contributed by atoms with Gasteiger partial charge in [0.25, 0.3) is 0 Å². The van der Waals surface area contributed by atoms with Crippen molar-refractivity contribution in [3.05, 3.63) is 200 Å². The number of aromatic nitrogens is 3. The highest BCUT2D eigenvalue weighted by Gasteiger charge is 2.17. The second-order valence-corrected chi connectivity index (χ2v) is 14.7. The van der Waals surface area contributed by atoms with Crippen molar-refractivity contribution in [2.75, 3.05) is 0 Å². The zero-order valence-corrected chi connectivity index (χ0v) is 30.6. The molecular formula is C51H33N3S. The van der Waals surface area contributed by atoms with Gasteiger partial charge in [-0.3, -0.25) is 0 Å². The molecule has 0 fully saturated rings. The van der Waals surface area contributed by atoms with Crippen molar-refractivity contribution in [2.24, 2.45) is 0 Å². The number of benzene rings is 8. The minimum atomic E-state index is 0.627. The molecule has 10 rings (SSSR count). The molecule has 10 aromatic rings. The minimum absolute atomic E-state index is 0.627. The average Bonchev–Trinajstić information content (AvgIpc) is 3.66. The maximum Gasteiger partial charge on any atom is 0.164 e. The molecule has 0 amide bonds. The average molecular weight is 720 g/mol. The van der Waals surface area contributed by atoms with Gasteiger partial charge in [0.05, 0.1) is 0 Å². The largest absolute Gasteiger partial charge is 0.208 e. The standard InChI is InChI=1S/C51H33N3S/c1-4-13-34(14-5-1)37-23-27-39(28-24-37)49-52-50(40-29-25-38(26-30-40)35-15-6-2-7-16-35)54-51(53-49)43-32-41(36-17-8-3-9-18-36)31-42(33-43)44-20-12-21-46-45-19-10-11-22-47(45)55-48(44)46/h1-33H. The molecule has 0 N–H and O–H groups in total. The van der Waals surface area contributed by atoms with E-state index in [1.165, 1.54) is 36.9 Å². The fourth-order valence-corrected chi connectivity index (χ4v) is 8.57. The predicted molar refractivity (Wildman–Crippen MR) is 231 cm³/mol. The summed E-state index contributed by atoms with van der Waals surface area (Å²) in [6.07, 6.45) is 0. The Balaban J connectivity index is 1.16. The van der Waals surface area contributed by atoms with Gasteiger partial charge in [-0.15, -0.1) is 11.3 Å². The number of nitrogens with zero attached hydrogens (tertiary/aromatic N) is 3. The third kappa shape index (κ3) is 6.39. The van der Waals surface area contributed by atoms with Crippen LogP contribution in [0.5, 0.6) is 0 Å². The molecule has 2 aromatic heterocycles. The fourth-order valence-electron chi connectivity index (χ4n) is 7.33. The summed E-state index contributed by atoms with van der Waals surface area (Å²) in [5, 5.41) is 2.56. The van der Waals surface area contributed by atoms with Crippen LogP contribution in [0.25, 0.3) is 98.8 Å². The Morgan fingerprint density at radius 3 is 1.24 bits per heavy atom. The molecule has 0 spiro atoms. The number of hydrogen-bond donors (Lipinski definition) is 0. The first-order valence-corrected chi connectivity index (χ1v) is 19.2. The molecular weight excluding hydrogens is 687 g/mol. The van der Waals surface area contributed by atoms with Crippen molar-refractivity contribution in [3.8, 4) is 78.7 Å². The van der Waals surface area contributed by atoms with Crippen LogP contribution in [0.3, 0.4) is 0 Å². The zero-order chi connectivity index (χ0) is 36.6. The topological polar surface area (TPSA) is 38.7 Å². The van der Waals surface area contributed by atoms with Gasteiger partial charge in [-0.2, -0.15) is 0 Å². The van der Waals surface area contributed by atoms with E-state index in [-0.39, 0.29) is 0 Å². The Labute approximate surface area is 323 Å². The maximum absolute atomic E-state index is 5.21. The lowest BCUT2D eigenvalue weighted by Crippen LogP contribution is -2.00. The SMILES string of the molecule is c1ccc(-c2ccc(-c3nc(-c4ccc(-c5ccccc5)cc4)nc(-c4cc(-c5ccccc5)cc(-c5cccc6c5sc5ccccc56)c4)n3)cc2)cc1. The van der Waals surface area contributed by atoms with Crippen LogP contribution < -0.4 is 0 Å². The van der Waals surface area contributed by atoms with Crippen LogP contribution in [-0.2, 0) is 0 Å². The van der Waals surface area contributed by atoms with Crippen LogP contribution in [0.15, 0.2) is 200 Å². The lowest BCUT2D eigenvalue weighted by Gasteiger charge is -2.13. The molecule has 8 aromatic carbocycles. The van der Waals surface area contributed by atoms with Crippen molar-refractivity contribution in [1.29, 1.82) is 0 Å². The summed E-state index contributed by atoms with van der Waals surface area (Å²) in [5.41, 5.74) is 12.0. The first-order chi connectivity index (χ1) is 27.2. The van der Waals surface area contributed by atoms with E-state index in [4.69, 9.17) is 15.0 Å². The van der Waals surface area contributed by atoms with Crippen LogP contribution in [0, 0.1) is 0 Å². The smallest absolute Gasteiger partial charge is 0.164 e. The molecule has 0 aliphatic heterocycles. The monoisotopic (exact) mass is 719 g/mol. The number of fused-ring (bicyclic) bond motifs is 3. The summed E-state index contributed by atoms with van der Waals surface area (Å²) in [5.74, 6) is 1.89. The maximum atomic E-state index is 5.21. The zero-order valence-electron chi connectivity index (χ0n) is 29.8. The van der Waals surface area contributed by atoms with E-state index < -0.39 is 0 Å². The van der Waals surface area contributed by atoms with Gasteiger partial charge in [0.1, 0.15) is 0 Å². The van der Waals surface area contributed by atoms with Gasteiger partial charge in [-0.25, -0.2) is 15.0 Å². The third-order valence-corrected chi connectivity index (χ3v) is 11.4. The fraction of sp³-hybridized carbons (Fsp3) is 0. The van der Waals surface area contributed by atoms with Gasteiger partial charge in [-0.1, -0.05) is 176 Å². The summed E-state index contributed by atoms with van der Waals surface area (Å²) in [6, 6.07) is 70.5. The first-order valence-electron chi connectivity index (χ1n) is 18.4. The van der Waals surface area contributed by atoms with Gasteiger partial charge in [0, 0.05) is 36.9 Å². The first kappa shape index (κ1) is 32.6. The Bertz CT molecular complexity index is 2840. The summed E-state index contributed by atoms with van der Waals surface area (Å²) >= 11 is 1.84. The molecule has 2 heterocycles. The summed E-state index contributed by atoms with van der Waals surface area (Å²) in [7, 11) is 0. The molecule has 0 unspecified atom stereocenters. The third-order valence-electron chi connectivity index (χ3n) is 10.1. The molecule has 258 valence electrons. The number of hydrogen-bond acceptors (Lipinski definition) is 4.